The van der Waals surface area contributed by atoms with Crippen LogP contribution in [0.5, 0.6) is 23.1 Å². The van der Waals surface area contributed by atoms with Crippen molar-refractivity contribution in [3.8, 4) is 23.1 Å². The van der Waals surface area contributed by atoms with Crippen LogP contribution in [0.2, 0.25) is 0 Å². The van der Waals surface area contributed by atoms with Crippen molar-refractivity contribution in [2.75, 3.05) is 56.5 Å². The number of anilines is 3. The number of hydrogen-bond acceptors (Lipinski definition) is 11. The first kappa shape index (κ1) is 32.3. The zero-order valence-electron chi connectivity index (χ0n) is 25.1. The lowest BCUT2D eigenvalue weighted by Gasteiger charge is -2.32. The third-order valence-corrected chi connectivity index (χ3v) is 7.18. The van der Waals surface area contributed by atoms with Crippen molar-refractivity contribution in [1.29, 1.82) is 0 Å². The summed E-state index contributed by atoms with van der Waals surface area (Å²) >= 11 is 0. The lowest BCUT2D eigenvalue weighted by Crippen LogP contribution is -2.42. The van der Waals surface area contributed by atoms with E-state index in [1.807, 2.05) is 0 Å². The number of amides is 2. The lowest BCUT2D eigenvalue weighted by molar-refractivity contribution is -0.286. The third kappa shape index (κ3) is 7.07. The van der Waals surface area contributed by atoms with E-state index in [0.29, 0.717) is 25.3 Å². The van der Waals surface area contributed by atoms with Gasteiger partial charge < -0.3 is 39.6 Å². The number of alkyl halides is 2. The molecule has 1 unspecified atom stereocenters. The number of carbonyl (C=O) groups excluding carboxylic acids is 2. The van der Waals surface area contributed by atoms with E-state index >= 15 is 4.39 Å². The number of nitrogens with zero attached hydrogens (tertiary/aromatic N) is 3. The Morgan fingerprint density at radius 2 is 1.74 bits per heavy atom. The smallest absolute Gasteiger partial charge is 0.496 e. The first-order valence-electron chi connectivity index (χ1n) is 14.0. The molecule has 0 aliphatic carbocycles. The molecule has 4 heterocycles. The summed E-state index contributed by atoms with van der Waals surface area (Å²) < 4.78 is 67.0. The van der Waals surface area contributed by atoms with Crippen LogP contribution in [0, 0.1) is 5.82 Å². The highest BCUT2D eigenvalue weighted by atomic mass is 19.3. The summed E-state index contributed by atoms with van der Waals surface area (Å²) in [4.78, 5) is 37.5. The van der Waals surface area contributed by atoms with Gasteiger partial charge in [-0.3, -0.25) is 14.5 Å². The van der Waals surface area contributed by atoms with E-state index in [-0.39, 0.29) is 46.0 Å². The molecule has 2 aromatic heterocycles. The molecule has 1 fully saturated rings. The van der Waals surface area contributed by atoms with Gasteiger partial charge in [0.05, 0.1) is 39.3 Å². The van der Waals surface area contributed by atoms with Gasteiger partial charge in [-0.05, 0) is 25.1 Å². The highest BCUT2D eigenvalue weighted by Gasteiger charge is 2.43. The van der Waals surface area contributed by atoms with Crippen molar-refractivity contribution < 1.29 is 46.4 Å². The van der Waals surface area contributed by atoms with E-state index < -0.39 is 35.4 Å². The number of nitrogens with one attached hydrogen (secondary N) is 3. The molecule has 16 heteroatoms. The minimum atomic E-state index is -3.87. The van der Waals surface area contributed by atoms with E-state index in [2.05, 4.69) is 53.8 Å². The van der Waals surface area contributed by atoms with Gasteiger partial charge in [-0.2, -0.15) is 0 Å². The lowest BCUT2D eigenvalue weighted by atomic mass is 10.1. The minimum absolute atomic E-state index is 0.0252. The van der Waals surface area contributed by atoms with E-state index in [1.165, 1.54) is 25.4 Å². The second kappa shape index (κ2) is 13.5. The molecule has 2 amide bonds. The van der Waals surface area contributed by atoms with Crippen LogP contribution in [0.1, 0.15) is 34.1 Å². The van der Waals surface area contributed by atoms with Gasteiger partial charge in [-0.15, -0.1) is 8.78 Å². The highest BCUT2D eigenvalue weighted by molar-refractivity contribution is 6.14. The Kier molecular flexibility index (Phi) is 9.48. The molecule has 0 radical (unpaired) electrons. The van der Waals surface area contributed by atoms with Crippen LogP contribution in [-0.4, -0.2) is 79.5 Å². The molecular weight excluding hydrogens is 613 g/mol. The quantitative estimate of drug-likeness (QED) is 0.271. The van der Waals surface area contributed by atoms with E-state index in [9.17, 15) is 18.4 Å². The number of methoxy groups -OCH3 is 2. The summed E-state index contributed by atoms with van der Waals surface area (Å²) in [6.45, 7) is 9.00. The number of aromatic nitrogens is 2. The molecule has 244 valence electrons. The largest absolute Gasteiger partial charge is 0.586 e. The number of rotatable bonds is 11. The first-order valence-corrected chi connectivity index (χ1v) is 14.0. The Morgan fingerprint density at radius 1 is 1.02 bits per heavy atom. The number of morpholine rings is 1. The Bertz CT molecular complexity index is 1650. The zero-order chi connectivity index (χ0) is 33.0. The Hall–Kier alpha value is -5.09. The van der Waals surface area contributed by atoms with Gasteiger partial charge in [0.2, 0.25) is 0 Å². The second-order valence-electron chi connectivity index (χ2n) is 10.3. The van der Waals surface area contributed by atoms with Crippen LogP contribution in [0.4, 0.5) is 30.4 Å². The molecule has 2 aliphatic rings. The molecule has 1 atom stereocenters. The van der Waals surface area contributed by atoms with Crippen molar-refractivity contribution in [3.63, 3.8) is 0 Å². The number of benzene rings is 1. The van der Waals surface area contributed by atoms with Crippen LogP contribution in [0.3, 0.4) is 0 Å². The van der Waals surface area contributed by atoms with E-state index in [0.717, 1.165) is 38.5 Å². The Morgan fingerprint density at radius 3 is 2.46 bits per heavy atom. The number of halogens is 3. The molecule has 0 spiro atoms. The van der Waals surface area contributed by atoms with Gasteiger partial charge in [-0.1, -0.05) is 6.58 Å². The fourth-order valence-electron chi connectivity index (χ4n) is 4.98. The Balaban J connectivity index is 1.39. The maximum atomic E-state index is 15.5. The molecule has 13 nitrogen and oxygen atoms in total. The van der Waals surface area contributed by atoms with Crippen molar-refractivity contribution in [2.24, 2.45) is 0 Å². The van der Waals surface area contributed by atoms with Gasteiger partial charge in [-0.25, -0.2) is 14.4 Å². The average Bonchev–Trinajstić information content (AvgIpc) is 3.34. The third-order valence-electron chi connectivity index (χ3n) is 7.18. The van der Waals surface area contributed by atoms with Crippen LogP contribution in [-0.2, 0) is 4.74 Å². The normalized spacial score (nSPS) is 15.9. The van der Waals surface area contributed by atoms with Gasteiger partial charge in [0.15, 0.2) is 17.3 Å². The SMILES string of the molecule is C=C(CC(C)N1CCOCC1)Nc1nccc(OC)c1C(=O)Nc1cnc(OC)c(F)c1C(=O)Nc1ccc2c(c1)OC(F)(F)O2. The van der Waals surface area contributed by atoms with Crippen LogP contribution < -0.4 is 34.9 Å². The summed E-state index contributed by atoms with van der Waals surface area (Å²) in [5.41, 5.74) is -0.478. The van der Waals surface area contributed by atoms with Crippen molar-refractivity contribution >= 4 is 29.0 Å². The highest BCUT2D eigenvalue weighted by Crippen LogP contribution is 2.42. The summed E-state index contributed by atoms with van der Waals surface area (Å²) in [5, 5.41) is 7.98. The van der Waals surface area contributed by atoms with Gasteiger partial charge in [0.1, 0.15) is 22.7 Å². The van der Waals surface area contributed by atoms with Crippen molar-refractivity contribution in [3.05, 3.63) is 65.9 Å². The average molecular weight is 645 g/mol. The van der Waals surface area contributed by atoms with Crippen molar-refractivity contribution in [1.82, 2.24) is 14.9 Å². The number of ether oxygens (including phenoxy) is 5. The summed E-state index contributed by atoms with van der Waals surface area (Å²) in [6, 6.07) is 5.07. The number of hydrogen-bond donors (Lipinski definition) is 3. The topological polar surface area (TPSA) is 145 Å². The van der Waals surface area contributed by atoms with Gasteiger partial charge in [0.25, 0.3) is 17.7 Å². The van der Waals surface area contributed by atoms with E-state index in [1.54, 1.807) is 0 Å². The predicted octanol–water partition coefficient (Wildman–Crippen LogP) is 4.50. The van der Waals surface area contributed by atoms with Gasteiger partial charge in [0, 0.05) is 49.2 Å². The van der Waals surface area contributed by atoms with E-state index in [4.69, 9.17) is 14.2 Å². The molecular formula is C30H31F3N6O7. The number of carbonyl (C=O) groups is 2. The Labute approximate surface area is 261 Å². The maximum Gasteiger partial charge on any atom is 0.586 e. The van der Waals surface area contributed by atoms with Gasteiger partial charge >= 0.3 is 6.29 Å². The molecule has 1 saturated heterocycles. The molecule has 3 N–H and O–H groups in total. The molecule has 0 bridgehead atoms. The van der Waals surface area contributed by atoms with Crippen LogP contribution in [0.25, 0.3) is 0 Å². The first-order chi connectivity index (χ1) is 22.0. The molecule has 2 aliphatic heterocycles. The maximum absolute atomic E-state index is 15.5. The standard InChI is InChI=1S/C30H31F3N6O7/c1-16(13-17(2)39-9-11-44-12-10-39)36-26-24(21(42-3)7-8-34-26)28(41)38-19-15-35-29(43-4)25(31)23(19)27(40)37-18-5-6-20-22(14-18)46-30(32,33)45-20/h5-8,14-15,17H,1,9-13H2,2-4H3,(H,34,36)(H,37,40)(H,38,41). The number of pyridine rings is 2. The fraction of sp³-hybridized carbons (Fsp3) is 0.333. The monoisotopic (exact) mass is 644 g/mol. The number of fused-ring (bicyclic) bond motifs is 1. The van der Waals surface area contributed by atoms with Crippen LogP contribution in [0.15, 0.2) is 48.9 Å². The molecule has 0 saturated carbocycles. The van der Waals surface area contributed by atoms with Crippen LogP contribution >= 0.6 is 0 Å². The molecule has 46 heavy (non-hydrogen) atoms. The summed E-state index contributed by atoms with van der Waals surface area (Å²) in [7, 11) is 2.51. The molecule has 1 aromatic carbocycles. The molecule has 5 rings (SSSR count). The predicted molar refractivity (Wildman–Crippen MR) is 159 cm³/mol. The minimum Gasteiger partial charge on any atom is -0.496 e. The summed E-state index contributed by atoms with van der Waals surface area (Å²) in [5.74, 6) is -3.93. The fourth-order valence-corrected chi connectivity index (χ4v) is 4.98. The second-order valence-corrected chi connectivity index (χ2v) is 10.3. The zero-order valence-corrected chi connectivity index (χ0v) is 25.1. The molecule has 3 aromatic rings. The summed E-state index contributed by atoms with van der Waals surface area (Å²) in [6.07, 6.45) is -0.865. The van der Waals surface area contributed by atoms with Crippen molar-refractivity contribution in [2.45, 2.75) is 25.7 Å².